The zero-order valence-electron chi connectivity index (χ0n) is 11.4. The third-order valence-electron chi connectivity index (χ3n) is 4.81. The number of hydrogen-bond acceptors (Lipinski definition) is 4. The zero-order valence-corrected chi connectivity index (χ0v) is 12.2. The highest BCUT2D eigenvalue weighted by atomic mass is 32.2. The van der Waals surface area contributed by atoms with Crippen molar-refractivity contribution in [3.63, 3.8) is 0 Å². The molecule has 1 aliphatic heterocycles. The van der Waals surface area contributed by atoms with E-state index in [0.717, 1.165) is 32.3 Å². The molecule has 18 heavy (non-hydrogen) atoms. The van der Waals surface area contributed by atoms with Crippen molar-refractivity contribution in [1.82, 2.24) is 0 Å². The van der Waals surface area contributed by atoms with Gasteiger partial charge in [-0.25, -0.2) is 8.42 Å². The molecule has 3 unspecified atom stereocenters. The van der Waals surface area contributed by atoms with Crippen molar-refractivity contribution in [2.24, 2.45) is 11.7 Å². The molecule has 2 N–H and O–H groups in total. The van der Waals surface area contributed by atoms with Crippen molar-refractivity contribution in [3.8, 4) is 0 Å². The molecule has 0 aromatic heterocycles. The van der Waals surface area contributed by atoms with E-state index < -0.39 is 15.1 Å². The zero-order chi connectivity index (χ0) is 13.4. The monoisotopic (exact) mass is 275 g/mol. The van der Waals surface area contributed by atoms with Gasteiger partial charge in [0, 0.05) is 18.9 Å². The topological polar surface area (TPSA) is 69.4 Å². The molecular formula is C13H25NO3S. The van der Waals surface area contributed by atoms with Crippen LogP contribution >= 0.6 is 0 Å². The molecular weight excluding hydrogens is 250 g/mol. The highest BCUT2D eigenvalue weighted by Gasteiger charge is 2.43. The van der Waals surface area contributed by atoms with E-state index in [1.165, 1.54) is 19.1 Å². The Morgan fingerprint density at radius 1 is 1.33 bits per heavy atom. The summed E-state index contributed by atoms with van der Waals surface area (Å²) in [5.41, 5.74) is 6.21. The Labute approximate surface area is 110 Å². The Hall–Kier alpha value is -0.130. The molecule has 2 rings (SSSR count). The predicted molar refractivity (Wildman–Crippen MR) is 72.2 cm³/mol. The number of sulfone groups is 1. The van der Waals surface area contributed by atoms with E-state index >= 15 is 0 Å². The summed E-state index contributed by atoms with van der Waals surface area (Å²) >= 11 is 0. The quantitative estimate of drug-likeness (QED) is 0.847. The number of hydrogen-bond donors (Lipinski definition) is 1. The van der Waals surface area contributed by atoms with E-state index in [1.54, 1.807) is 6.92 Å². The van der Waals surface area contributed by atoms with Crippen LogP contribution in [0.25, 0.3) is 0 Å². The fraction of sp³-hybridized carbons (Fsp3) is 1.00. The molecule has 1 spiro atoms. The van der Waals surface area contributed by atoms with Crippen molar-refractivity contribution in [2.45, 2.75) is 62.3 Å². The summed E-state index contributed by atoms with van der Waals surface area (Å²) in [6.07, 6.45) is 7.79. The van der Waals surface area contributed by atoms with Gasteiger partial charge in [0.25, 0.3) is 0 Å². The molecule has 0 radical (unpaired) electrons. The molecule has 0 aromatic carbocycles. The second-order valence-electron chi connectivity index (χ2n) is 6.10. The molecule has 1 heterocycles. The number of nitrogens with two attached hydrogens (primary N) is 1. The molecule has 1 saturated carbocycles. The van der Waals surface area contributed by atoms with Crippen molar-refractivity contribution >= 4 is 9.84 Å². The van der Waals surface area contributed by atoms with E-state index in [9.17, 15) is 8.42 Å². The van der Waals surface area contributed by atoms with Crippen molar-refractivity contribution < 1.29 is 13.2 Å². The summed E-state index contributed by atoms with van der Waals surface area (Å²) in [4.78, 5) is 0. The average molecular weight is 275 g/mol. The van der Waals surface area contributed by atoms with Gasteiger partial charge in [-0.1, -0.05) is 12.8 Å². The maximum atomic E-state index is 11.6. The molecule has 5 heteroatoms. The van der Waals surface area contributed by atoms with Gasteiger partial charge in [0.15, 0.2) is 9.84 Å². The minimum Gasteiger partial charge on any atom is -0.375 e. The van der Waals surface area contributed by atoms with Gasteiger partial charge in [0.1, 0.15) is 0 Å². The van der Waals surface area contributed by atoms with Gasteiger partial charge >= 0.3 is 0 Å². The van der Waals surface area contributed by atoms with Crippen molar-refractivity contribution in [1.29, 1.82) is 0 Å². The SMILES string of the molecule is CC(C(N)C1CCOC2(CCCC2)C1)S(C)(=O)=O. The van der Waals surface area contributed by atoms with E-state index in [-0.39, 0.29) is 17.6 Å². The molecule has 0 aromatic rings. The molecule has 0 bridgehead atoms. The Bertz CT molecular complexity index is 387. The van der Waals surface area contributed by atoms with Gasteiger partial charge in [-0.2, -0.15) is 0 Å². The smallest absolute Gasteiger partial charge is 0.151 e. The average Bonchev–Trinajstić information content (AvgIpc) is 2.74. The summed E-state index contributed by atoms with van der Waals surface area (Å²) in [7, 11) is -3.05. The van der Waals surface area contributed by atoms with Crippen LogP contribution < -0.4 is 5.73 Å². The molecule has 1 saturated heterocycles. The molecule has 4 nitrogen and oxygen atoms in total. The molecule has 0 amide bonds. The Kier molecular flexibility index (Phi) is 4.04. The first-order chi connectivity index (χ1) is 8.34. The van der Waals surface area contributed by atoms with Gasteiger partial charge in [0.2, 0.25) is 0 Å². The van der Waals surface area contributed by atoms with E-state index in [2.05, 4.69) is 0 Å². The van der Waals surface area contributed by atoms with E-state index in [4.69, 9.17) is 10.5 Å². The summed E-state index contributed by atoms with van der Waals surface area (Å²) in [5, 5.41) is -0.459. The van der Waals surface area contributed by atoms with Crippen LogP contribution in [0, 0.1) is 5.92 Å². The molecule has 2 aliphatic rings. The Balaban J connectivity index is 2.04. The lowest BCUT2D eigenvalue weighted by Crippen LogP contribution is -2.49. The minimum absolute atomic E-state index is 0.0117. The lowest BCUT2D eigenvalue weighted by Gasteiger charge is -2.41. The first-order valence-electron chi connectivity index (χ1n) is 6.92. The van der Waals surface area contributed by atoms with Crippen LogP contribution in [0.5, 0.6) is 0 Å². The van der Waals surface area contributed by atoms with Crippen LogP contribution in [0.3, 0.4) is 0 Å². The van der Waals surface area contributed by atoms with Crippen LogP contribution in [-0.2, 0) is 14.6 Å². The lowest BCUT2D eigenvalue weighted by molar-refractivity contribution is -0.0960. The summed E-state index contributed by atoms with van der Waals surface area (Å²) in [5.74, 6) is 0.279. The summed E-state index contributed by atoms with van der Waals surface area (Å²) in [6.45, 7) is 2.46. The van der Waals surface area contributed by atoms with Crippen LogP contribution in [0.2, 0.25) is 0 Å². The van der Waals surface area contributed by atoms with Gasteiger partial charge in [-0.3, -0.25) is 0 Å². The van der Waals surface area contributed by atoms with Gasteiger partial charge in [-0.15, -0.1) is 0 Å². The van der Waals surface area contributed by atoms with Crippen LogP contribution in [-0.4, -0.2) is 38.2 Å². The molecule has 2 fully saturated rings. The first-order valence-corrected chi connectivity index (χ1v) is 8.88. The number of rotatable bonds is 3. The predicted octanol–water partition coefficient (Wildman–Crippen LogP) is 1.49. The third-order valence-corrected chi connectivity index (χ3v) is 6.47. The maximum absolute atomic E-state index is 11.6. The van der Waals surface area contributed by atoms with Crippen molar-refractivity contribution in [2.75, 3.05) is 12.9 Å². The maximum Gasteiger partial charge on any atom is 0.151 e. The fourth-order valence-electron chi connectivity index (χ4n) is 3.43. The highest BCUT2D eigenvalue weighted by molar-refractivity contribution is 7.91. The molecule has 1 aliphatic carbocycles. The van der Waals surface area contributed by atoms with Crippen LogP contribution in [0.4, 0.5) is 0 Å². The van der Waals surface area contributed by atoms with Gasteiger partial charge in [-0.05, 0) is 38.5 Å². The first kappa shape index (κ1) is 14.3. The van der Waals surface area contributed by atoms with Crippen LogP contribution in [0.1, 0.15) is 45.4 Å². The summed E-state index contributed by atoms with van der Waals surface area (Å²) in [6, 6.07) is -0.263. The minimum atomic E-state index is -3.05. The normalized spacial score (nSPS) is 31.4. The van der Waals surface area contributed by atoms with E-state index in [0.29, 0.717) is 0 Å². The summed E-state index contributed by atoms with van der Waals surface area (Å²) < 4.78 is 29.2. The second-order valence-corrected chi connectivity index (χ2v) is 8.51. The molecule has 106 valence electrons. The Morgan fingerprint density at radius 2 is 1.94 bits per heavy atom. The lowest BCUT2D eigenvalue weighted by atomic mass is 9.80. The van der Waals surface area contributed by atoms with Gasteiger partial charge < -0.3 is 10.5 Å². The van der Waals surface area contributed by atoms with Crippen LogP contribution in [0.15, 0.2) is 0 Å². The van der Waals surface area contributed by atoms with Crippen molar-refractivity contribution in [3.05, 3.63) is 0 Å². The third kappa shape index (κ3) is 2.89. The largest absolute Gasteiger partial charge is 0.375 e. The standard InChI is InChI=1S/C13H25NO3S/c1-10(18(2,15)16)12(14)11-5-8-17-13(9-11)6-3-4-7-13/h10-12H,3-9,14H2,1-2H3. The highest BCUT2D eigenvalue weighted by Crippen LogP contribution is 2.43. The molecule has 3 atom stereocenters. The van der Waals surface area contributed by atoms with E-state index in [1.807, 2.05) is 0 Å². The van der Waals surface area contributed by atoms with Gasteiger partial charge in [0.05, 0.1) is 10.9 Å². The fourth-order valence-corrected chi connectivity index (χ4v) is 4.22. The Morgan fingerprint density at radius 3 is 2.50 bits per heavy atom. The second kappa shape index (κ2) is 5.10. The number of ether oxygens (including phenoxy) is 1.